The molecule has 0 bridgehead atoms. The largest absolute Gasteiger partial charge is 0.0654 e. The van der Waals surface area contributed by atoms with Gasteiger partial charge in [-0.3, -0.25) is 0 Å². The van der Waals surface area contributed by atoms with Crippen molar-refractivity contribution in [3.05, 3.63) is 0 Å². The quantitative estimate of drug-likeness (QED) is 0.191. The highest BCUT2D eigenvalue weighted by atomic mass is 14.1. The highest BCUT2D eigenvalue weighted by Crippen LogP contribution is 2.22. The van der Waals surface area contributed by atoms with Crippen molar-refractivity contribution in [3.8, 4) is 0 Å². The minimum absolute atomic E-state index is 0.946. The molecule has 0 aliphatic carbocycles. The van der Waals surface area contributed by atoms with Gasteiger partial charge in [-0.25, -0.2) is 0 Å². The Morgan fingerprint density at radius 2 is 0.720 bits per heavy atom. The molecule has 0 rings (SSSR count). The Balaban J connectivity index is 3.18. The van der Waals surface area contributed by atoms with E-state index >= 15 is 0 Å². The van der Waals surface area contributed by atoms with Gasteiger partial charge in [-0.15, -0.1) is 0 Å². The summed E-state index contributed by atoms with van der Waals surface area (Å²) < 4.78 is 0. The van der Waals surface area contributed by atoms with Crippen molar-refractivity contribution < 1.29 is 0 Å². The van der Waals surface area contributed by atoms with Crippen LogP contribution in [0.3, 0.4) is 0 Å². The Morgan fingerprint density at radius 3 is 1.12 bits per heavy atom. The van der Waals surface area contributed by atoms with Crippen LogP contribution in [0.15, 0.2) is 0 Å². The van der Waals surface area contributed by atoms with E-state index in [9.17, 15) is 0 Å². The van der Waals surface area contributed by atoms with Crippen molar-refractivity contribution in [2.45, 2.75) is 150 Å². The second-order valence-corrected chi connectivity index (χ2v) is 8.97. The molecule has 0 radical (unpaired) electrons. The predicted octanol–water partition coefficient (Wildman–Crippen LogP) is 9.71. The lowest BCUT2D eigenvalue weighted by molar-refractivity contribution is 0.359. The Hall–Kier alpha value is 0. The van der Waals surface area contributed by atoms with Gasteiger partial charge in [0.15, 0.2) is 0 Å². The van der Waals surface area contributed by atoms with Crippen molar-refractivity contribution in [2.24, 2.45) is 11.8 Å². The summed E-state index contributed by atoms with van der Waals surface area (Å²) in [5, 5.41) is 0. The van der Waals surface area contributed by atoms with E-state index in [1.54, 1.807) is 0 Å². The van der Waals surface area contributed by atoms with Crippen LogP contribution >= 0.6 is 0 Å². The molecule has 0 nitrogen and oxygen atoms in total. The van der Waals surface area contributed by atoms with Crippen LogP contribution in [-0.4, -0.2) is 0 Å². The van der Waals surface area contributed by atoms with E-state index in [4.69, 9.17) is 0 Å². The molecule has 0 amide bonds. The zero-order chi connectivity index (χ0) is 18.6. The monoisotopic (exact) mass is 352 g/mol. The van der Waals surface area contributed by atoms with Crippen molar-refractivity contribution in [2.75, 3.05) is 0 Å². The number of unbranched alkanes of at least 4 members (excludes halogenated alkanes) is 14. The molecule has 0 aromatic rings. The fourth-order valence-corrected chi connectivity index (χ4v) is 4.16. The van der Waals surface area contributed by atoms with Gasteiger partial charge >= 0.3 is 0 Å². The van der Waals surface area contributed by atoms with Crippen LogP contribution in [-0.2, 0) is 0 Å². The molecule has 0 aromatic heterocycles. The second-order valence-electron chi connectivity index (χ2n) is 8.97. The molecule has 0 saturated carbocycles. The smallest absolute Gasteiger partial charge is 0.0440 e. The molecular formula is C25H52. The van der Waals surface area contributed by atoms with Crippen LogP contribution < -0.4 is 0 Å². The summed E-state index contributed by atoms with van der Waals surface area (Å²) in [4.78, 5) is 0. The Kier molecular flexibility index (Phi) is 20.3. The highest BCUT2D eigenvalue weighted by molar-refractivity contribution is 4.60. The highest BCUT2D eigenvalue weighted by Gasteiger charge is 2.08. The first-order valence-electron chi connectivity index (χ1n) is 12.2. The molecular weight excluding hydrogens is 300 g/mol. The summed E-state index contributed by atoms with van der Waals surface area (Å²) in [6.07, 6.45) is 27.7. The molecule has 2 atom stereocenters. The van der Waals surface area contributed by atoms with Gasteiger partial charge in [0.1, 0.15) is 0 Å². The van der Waals surface area contributed by atoms with Gasteiger partial charge in [-0.2, -0.15) is 0 Å². The van der Waals surface area contributed by atoms with Crippen molar-refractivity contribution >= 4 is 0 Å². The second kappa shape index (κ2) is 20.3. The fraction of sp³-hybridized carbons (Fsp3) is 1.00. The van der Waals surface area contributed by atoms with Gasteiger partial charge in [0.25, 0.3) is 0 Å². The van der Waals surface area contributed by atoms with E-state index in [0.29, 0.717) is 0 Å². The molecule has 2 unspecified atom stereocenters. The topological polar surface area (TPSA) is 0 Å². The van der Waals surface area contributed by atoms with Crippen molar-refractivity contribution in [1.29, 1.82) is 0 Å². The Morgan fingerprint density at radius 1 is 0.400 bits per heavy atom. The van der Waals surface area contributed by atoms with Crippen LogP contribution in [0.1, 0.15) is 150 Å². The third kappa shape index (κ3) is 20.2. The summed E-state index contributed by atoms with van der Waals surface area (Å²) in [5.41, 5.74) is 0. The van der Waals surface area contributed by atoms with Gasteiger partial charge in [0.2, 0.25) is 0 Å². The summed E-state index contributed by atoms with van der Waals surface area (Å²) >= 11 is 0. The maximum atomic E-state index is 2.48. The molecule has 0 heteroatoms. The van der Waals surface area contributed by atoms with Crippen LogP contribution in [0.25, 0.3) is 0 Å². The minimum Gasteiger partial charge on any atom is -0.0654 e. The molecule has 152 valence electrons. The van der Waals surface area contributed by atoms with E-state index in [2.05, 4.69) is 27.7 Å². The maximum absolute atomic E-state index is 2.48. The first kappa shape index (κ1) is 25.0. The predicted molar refractivity (Wildman–Crippen MR) is 117 cm³/mol. The number of hydrogen-bond donors (Lipinski definition) is 0. The third-order valence-electron chi connectivity index (χ3n) is 5.91. The van der Waals surface area contributed by atoms with E-state index in [-0.39, 0.29) is 0 Å². The SMILES string of the molecule is CCCCCCCCCCCCCCCCC(C)CC(C)CCCC. The third-order valence-corrected chi connectivity index (χ3v) is 5.91. The molecule has 0 aliphatic rings. The standard InChI is InChI=1S/C25H52/c1-5-7-9-10-11-12-13-14-15-16-17-18-19-20-22-25(4)23-24(3)21-8-6-2/h24-25H,5-23H2,1-4H3. The average molecular weight is 353 g/mol. The van der Waals surface area contributed by atoms with E-state index in [1.165, 1.54) is 122 Å². The molecule has 0 fully saturated rings. The van der Waals surface area contributed by atoms with Crippen LogP contribution in [0.5, 0.6) is 0 Å². The first-order chi connectivity index (χ1) is 12.2. The average Bonchev–Trinajstić information content (AvgIpc) is 2.60. The summed E-state index contributed by atoms with van der Waals surface area (Å²) in [6.45, 7) is 9.54. The summed E-state index contributed by atoms with van der Waals surface area (Å²) in [5.74, 6) is 1.89. The van der Waals surface area contributed by atoms with Gasteiger partial charge < -0.3 is 0 Å². The Bertz CT molecular complexity index is 232. The maximum Gasteiger partial charge on any atom is -0.0440 e. The lowest BCUT2D eigenvalue weighted by atomic mass is 9.90. The van der Waals surface area contributed by atoms with Crippen molar-refractivity contribution in [3.63, 3.8) is 0 Å². The summed E-state index contributed by atoms with van der Waals surface area (Å²) in [6, 6.07) is 0. The molecule has 0 aromatic carbocycles. The summed E-state index contributed by atoms with van der Waals surface area (Å²) in [7, 11) is 0. The van der Waals surface area contributed by atoms with Crippen LogP contribution in [0, 0.1) is 11.8 Å². The number of hydrogen-bond acceptors (Lipinski definition) is 0. The number of rotatable bonds is 20. The zero-order valence-corrected chi connectivity index (χ0v) is 18.6. The minimum atomic E-state index is 0.946. The molecule has 25 heavy (non-hydrogen) atoms. The normalized spacial score (nSPS) is 13.9. The van der Waals surface area contributed by atoms with Crippen molar-refractivity contribution in [1.82, 2.24) is 0 Å². The van der Waals surface area contributed by atoms with Gasteiger partial charge in [-0.1, -0.05) is 143 Å². The van der Waals surface area contributed by atoms with Crippen LogP contribution in [0.2, 0.25) is 0 Å². The molecule has 0 spiro atoms. The van der Waals surface area contributed by atoms with Gasteiger partial charge in [0.05, 0.1) is 0 Å². The molecule has 0 saturated heterocycles. The van der Waals surface area contributed by atoms with E-state index in [1.807, 2.05) is 0 Å². The first-order valence-corrected chi connectivity index (χ1v) is 12.2. The fourth-order valence-electron chi connectivity index (χ4n) is 4.16. The van der Waals surface area contributed by atoms with Gasteiger partial charge in [0, 0.05) is 0 Å². The molecule has 0 aliphatic heterocycles. The lowest BCUT2D eigenvalue weighted by Gasteiger charge is -2.16. The molecule has 0 heterocycles. The van der Waals surface area contributed by atoms with E-state index in [0.717, 1.165) is 11.8 Å². The van der Waals surface area contributed by atoms with Crippen LogP contribution in [0.4, 0.5) is 0 Å². The van der Waals surface area contributed by atoms with E-state index < -0.39 is 0 Å². The van der Waals surface area contributed by atoms with Gasteiger partial charge in [-0.05, 0) is 18.3 Å². The lowest BCUT2D eigenvalue weighted by Crippen LogP contribution is -2.03. The Labute approximate surface area is 161 Å². The molecule has 0 N–H and O–H groups in total. The zero-order valence-electron chi connectivity index (χ0n) is 18.6.